The van der Waals surface area contributed by atoms with Crippen LogP contribution in [-0.4, -0.2) is 18.4 Å². The summed E-state index contributed by atoms with van der Waals surface area (Å²) in [6, 6.07) is 0.215. The zero-order valence-corrected chi connectivity index (χ0v) is 8.67. The normalized spacial score (nSPS) is 45.1. The van der Waals surface area contributed by atoms with E-state index in [1.807, 2.05) is 0 Å². The summed E-state index contributed by atoms with van der Waals surface area (Å²) in [5.41, 5.74) is 0. The Labute approximate surface area is 85.4 Å². The highest BCUT2D eigenvalue weighted by Crippen LogP contribution is 2.55. The molecule has 78 valence electrons. The summed E-state index contributed by atoms with van der Waals surface area (Å²) in [6.07, 6.45) is 7.30. The molecule has 0 aromatic rings. The first kappa shape index (κ1) is 8.90. The Bertz CT molecular complexity index is 235. The third kappa shape index (κ3) is 1.60. The lowest BCUT2D eigenvalue weighted by Crippen LogP contribution is -2.31. The molecule has 2 nitrogen and oxygen atoms in total. The number of nitrogens with one attached hydrogen (secondary N) is 1. The Morgan fingerprint density at radius 3 is 2.64 bits per heavy atom. The topological polar surface area (TPSA) is 29.1 Å². The Morgan fingerprint density at radius 1 is 1.21 bits per heavy atom. The van der Waals surface area contributed by atoms with Crippen LogP contribution in [0.4, 0.5) is 0 Å². The number of hydrogen-bond donors (Lipinski definition) is 1. The van der Waals surface area contributed by atoms with Gasteiger partial charge in [0.2, 0.25) is 0 Å². The van der Waals surface area contributed by atoms with Crippen molar-refractivity contribution in [1.29, 1.82) is 0 Å². The van der Waals surface area contributed by atoms with E-state index in [1.54, 1.807) is 0 Å². The van der Waals surface area contributed by atoms with Crippen LogP contribution in [0.5, 0.6) is 0 Å². The van der Waals surface area contributed by atoms with Crippen molar-refractivity contribution >= 4 is 5.78 Å². The van der Waals surface area contributed by atoms with Gasteiger partial charge in [-0.2, -0.15) is 0 Å². The molecule has 0 aromatic carbocycles. The monoisotopic (exact) mass is 193 g/mol. The van der Waals surface area contributed by atoms with Gasteiger partial charge < -0.3 is 5.32 Å². The molecule has 0 amide bonds. The van der Waals surface area contributed by atoms with Crippen LogP contribution in [0.3, 0.4) is 0 Å². The van der Waals surface area contributed by atoms with Crippen molar-refractivity contribution in [2.75, 3.05) is 6.54 Å². The van der Waals surface area contributed by atoms with Gasteiger partial charge in [-0.25, -0.2) is 0 Å². The molecule has 0 radical (unpaired) electrons. The predicted octanol–water partition coefficient (Wildman–Crippen LogP) is 1.74. The Kier molecular flexibility index (Phi) is 2.12. The summed E-state index contributed by atoms with van der Waals surface area (Å²) in [5.74, 6) is 3.27. The van der Waals surface area contributed by atoms with E-state index in [-0.39, 0.29) is 6.04 Å². The molecular weight excluding hydrogens is 174 g/mol. The average Bonchev–Trinajstić information content (AvgIpc) is 2.69. The van der Waals surface area contributed by atoms with Gasteiger partial charge in [-0.15, -0.1) is 0 Å². The maximum atomic E-state index is 11.9. The number of carbonyl (C=O) groups is 1. The molecule has 1 saturated heterocycles. The van der Waals surface area contributed by atoms with Gasteiger partial charge in [0.05, 0.1) is 6.04 Å². The van der Waals surface area contributed by atoms with Gasteiger partial charge in [0, 0.05) is 6.42 Å². The van der Waals surface area contributed by atoms with Gasteiger partial charge in [-0.1, -0.05) is 0 Å². The zero-order valence-electron chi connectivity index (χ0n) is 8.67. The van der Waals surface area contributed by atoms with E-state index in [4.69, 9.17) is 0 Å². The summed E-state index contributed by atoms with van der Waals surface area (Å²) in [7, 11) is 0. The molecule has 2 aliphatic carbocycles. The summed E-state index contributed by atoms with van der Waals surface area (Å²) >= 11 is 0. The van der Waals surface area contributed by atoms with Crippen molar-refractivity contribution in [3.8, 4) is 0 Å². The van der Waals surface area contributed by atoms with Gasteiger partial charge >= 0.3 is 0 Å². The number of rotatable bonds is 3. The third-order valence-corrected chi connectivity index (χ3v) is 4.28. The molecular formula is C12H19NO. The lowest BCUT2D eigenvalue weighted by Gasteiger charge is -2.14. The van der Waals surface area contributed by atoms with E-state index >= 15 is 0 Å². The SMILES string of the molecule is O=C(CC1CC2CC2C1)[C@@H]1CCCN1. The fourth-order valence-corrected chi connectivity index (χ4v) is 3.39. The molecule has 0 bridgehead atoms. The largest absolute Gasteiger partial charge is 0.307 e. The van der Waals surface area contributed by atoms with Crippen LogP contribution in [0.2, 0.25) is 0 Å². The molecule has 2 heteroatoms. The van der Waals surface area contributed by atoms with E-state index in [1.165, 1.54) is 25.7 Å². The third-order valence-electron chi connectivity index (χ3n) is 4.28. The van der Waals surface area contributed by atoms with Gasteiger partial charge in [0.1, 0.15) is 5.78 Å². The zero-order chi connectivity index (χ0) is 9.54. The molecule has 3 fully saturated rings. The van der Waals surface area contributed by atoms with Crippen molar-refractivity contribution in [3.63, 3.8) is 0 Å². The first-order valence-corrected chi connectivity index (χ1v) is 6.09. The minimum Gasteiger partial charge on any atom is -0.307 e. The van der Waals surface area contributed by atoms with Crippen molar-refractivity contribution in [1.82, 2.24) is 5.32 Å². The number of carbonyl (C=O) groups excluding carboxylic acids is 1. The minimum atomic E-state index is 0.215. The Balaban J connectivity index is 1.49. The molecule has 3 rings (SSSR count). The van der Waals surface area contributed by atoms with Crippen molar-refractivity contribution in [3.05, 3.63) is 0 Å². The maximum Gasteiger partial charge on any atom is 0.150 e. The van der Waals surface area contributed by atoms with Crippen LogP contribution < -0.4 is 5.32 Å². The second-order valence-corrected chi connectivity index (χ2v) is 5.41. The number of hydrogen-bond acceptors (Lipinski definition) is 2. The van der Waals surface area contributed by atoms with Gasteiger partial charge in [-0.3, -0.25) is 4.79 Å². The van der Waals surface area contributed by atoms with E-state index in [2.05, 4.69) is 5.32 Å². The van der Waals surface area contributed by atoms with E-state index in [0.29, 0.717) is 5.78 Å². The summed E-state index contributed by atoms with van der Waals surface area (Å²) < 4.78 is 0. The van der Waals surface area contributed by atoms with Crippen LogP contribution in [0, 0.1) is 17.8 Å². The van der Waals surface area contributed by atoms with E-state index < -0.39 is 0 Å². The number of Topliss-reactive ketones (excluding diaryl/α,β-unsaturated/α-hetero) is 1. The molecule has 1 heterocycles. The lowest BCUT2D eigenvalue weighted by molar-refractivity contribution is -0.121. The molecule has 3 atom stereocenters. The fourth-order valence-electron chi connectivity index (χ4n) is 3.39. The maximum absolute atomic E-state index is 11.9. The standard InChI is InChI=1S/C12H19NO/c14-12(11-2-1-3-13-11)6-8-4-9-7-10(9)5-8/h8-11,13H,1-7H2/t8?,9?,10?,11-/m0/s1. The van der Waals surface area contributed by atoms with Crippen molar-refractivity contribution in [2.45, 2.75) is 44.6 Å². The van der Waals surface area contributed by atoms with Gasteiger partial charge in [0.25, 0.3) is 0 Å². The molecule has 3 aliphatic rings. The minimum absolute atomic E-state index is 0.215. The molecule has 1 aliphatic heterocycles. The first-order chi connectivity index (χ1) is 6.83. The highest BCUT2D eigenvalue weighted by molar-refractivity contribution is 5.84. The lowest BCUT2D eigenvalue weighted by atomic mass is 9.94. The fraction of sp³-hybridized carbons (Fsp3) is 0.917. The van der Waals surface area contributed by atoms with Crippen LogP contribution in [0.15, 0.2) is 0 Å². The number of ketones is 1. The molecule has 14 heavy (non-hydrogen) atoms. The average molecular weight is 193 g/mol. The van der Waals surface area contributed by atoms with Crippen LogP contribution >= 0.6 is 0 Å². The molecule has 0 aromatic heterocycles. The molecule has 2 saturated carbocycles. The summed E-state index contributed by atoms with van der Waals surface area (Å²) in [6.45, 7) is 1.05. The summed E-state index contributed by atoms with van der Waals surface area (Å²) in [4.78, 5) is 11.9. The predicted molar refractivity (Wildman–Crippen MR) is 55.0 cm³/mol. The van der Waals surface area contributed by atoms with Gasteiger partial charge in [-0.05, 0) is 56.4 Å². The van der Waals surface area contributed by atoms with Crippen LogP contribution in [-0.2, 0) is 4.79 Å². The molecule has 0 spiro atoms. The van der Waals surface area contributed by atoms with Crippen LogP contribution in [0.25, 0.3) is 0 Å². The highest BCUT2D eigenvalue weighted by Gasteiger charge is 2.46. The van der Waals surface area contributed by atoms with Crippen molar-refractivity contribution < 1.29 is 4.79 Å². The Hall–Kier alpha value is -0.370. The first-order valence-electron chi connectivity index (χ1n) is 6.09. The number of fused-ring (bicyclic) bond motifs is 1. The quantitative estimate of drug-likeness (QED) is 0.739. The Morgan fingerprint density at radius 2 is 2.00 bits per heavy atom. The van der Waals surface area contributed by atoms with Crippen molar-refractivity contribution in [2.24, 2.45) is 17.8 Å². The van der Waals surface area contributed by atoms with E-state index in [0.717, 1.165) is 37.1 Å². The molecule has 2 unspecified atom stereocenters. The second-order valence-electron chi connectivity index (χ2n) is 5.41. The highest BCUT2D eigenvalue weighted by atomic mass is 16.1. The van der Waals surface area contributed by atoms with Gasteiger partial charge in [0.15, 0.2) is 0 Å². The second kappa shape index (κ2) is 3.34. The van der Waals surface area contributed by atoms with Crippen LogP contribution in [0.1, 0.15) is 38.5 Å². The smallest absolute Gasteiger partial charge is 0.150 e. The van der Waals surface area contributed by atoms with E-state index in [9.17, 15) is 4.79 Å². The summed E-state index contributed by atoms with van der Waals surface area (Å²) in [5, 5.41) is 3.30. The molecule has 1 N–H and O–H groups in total.